The summed E-state index contributed by atoms with van der Waals surface area (Å²) in [5, 5.41) is 10.1. The summed E-state index contributed by atoms with van der Waals surface area (Å²) >= 11 is 0. The van der Waals surface area contributed by atoms with Gasteiger partial charge in [0.2, 0.25) is 0 Å². The van der Waals surface area contributed by atoms with E-state index in [1.165, 1.54) is 12.1 Å². The van der Waals surface area contributed by atoms with E-state index in [0.717, 1.165) is 34.9 Å². The van der Waals surface area contributed by atoms with Crippen LogP contribution in [0.5, 0.6) is 5.75 Å². The number of carbonyl (C=O) groups is 1. The lowest BCUT2D eigenvalue weighted by molar-refractivity contribution is -0.120. The number of benzene rings is 3. The van der Waals surface area contributed by atoms with Gasteiger partial charge in [0.15, 0.2) is 0 Å². The number of nitriles is 1. The van der Waals surface area contributed by atoms with Crippen molar-refractivity contribution in [2.45, 2.75) is 44.6 Å². The molecule has 0 aliphatic carbocycles. The summed E-state index contributed by atoms with van der Waals surface area (Å²) in [6.45, 7) is 2.06. The first-order chi connectivity index (χ1) is 17.1. The fourth-order valence-corrected chi connectivity index (χ4v) is 4.31. The van der Waals surface area contributed by atoms with Crippen molar-refractivity contribution in [1.29, 1.82) is 5.26 Å². The first-order valence-corrected chi connectivity index (χ1v) is 11.9. The number of carbonyl (C=O) groups excluding carboxylic acids is 1. The van der Waals surface area contributed by atoms with Crippen molar-refractivity contribution < 1.29 is 13.9 Å². The minimum atomic E-state index is -0.558. The van der Waals surface area contributed by atoms with Crippen molar-refractivity contribution in [3.8, 4) is 11.8 Å². The van der Waals surface area contributed by atoms with Gasteiger partial charge in [-0.3, -0.25) is 9.78 Å². The van der Waals surface area contributed by atoms with E-state index in [-0.39, 0.29) is 23.9 Å². The maximum absolute atomic E-state index is 13.8. The van der Waals surface area contributed by atoms with Gasteiger partial charge in [0.1, 0.15) is 23.5 Å². The summed E-state index contributed by atoms with van der Waals surface area (Å²) < 4.78 is 20.4. The van der Waals surface area contributed by atoms with Crippen molar-refractivity contribution in [2.24, 2.45) is 0 Å². The Morgan fingerprint density at radius 3 is 2.49 bits per heavy atom. The normalized spacial score (nSPS) is 12.6. The number of hydrogen-bond donors (Lipinski definition) is 0. The Morgan fingerprint density at radius 2 is 1.77 bits per heavy atom. The summed E-state index contributed by atoms with van der Waals surface area (Å²) in [5.41, 5.74) is 3.00. The van der Waals surface area contributed by atoms with E-state index >= 15 is 0 Å². The summed E-state index contributed by atoms with van der Waals surface area (Å²) in [5.74, 6) is 0.0299. The molecule has 2 atom stereocenters. The summed E-state index contributed by atoms with van der Waals surface area (Å²) in [6, 6.07) is 25.1. The quantitative estimate of drug-likeness (QED) is 0.246. The number of halogens is 1. The van der Waals surface area contributed by atoms with Gasteiger partial charge < -0.3 is 4.74 Å². The maximum Gasteiger partial charge on any atom is 0.133 e. The SMILES string of the molecule is CCCCC(=O)C[C@H](c1ccc(F)cc1)[C@@H](Oc1ccc(C#N)cc1)c1cccc2cccnc12. The van der Waals surface area contributed by atoms with Crippen LogP contribution < -0.4 is 4.74 Å². The monoisotopic (exact) mass is 466 g/mol. The molecule has 0 unspecified atom stereocenters. The molecule has 1 aromatic heterocycles. The zero-order valence-electron chi connectivity index (χ0n) is 19.7. The first kappa shape index (κ1) is 24.1. The number of Topliss-reactive ketones (excluding diaryl/α,β-unsaturated/α-hetero) is 1. The maximum atomic E-state index is 13.8. The lowest BCUT2D eigenvalue weighted by atomic mass is 9.83. The second-order valence-corrected chi connectivity index (χ2v) is 8.60. The zero-order chi connectivity index (χ0) is 24.6. The van der Waals surface area contributed by atoms with Crippen LogP contribution in [0.2, 0.25) is 0 Å². The van der Waals surface area contributed by atoms with Crippen LogP contribution in [0.4, 0.5) is 4.39 Å². The Kier molecular flexibility index (Phi) is 7.84. The number of ether oxygens (including phenoxy) is 1. The van der Waals surface area contributed by atoms with Crippen LogP contribution in [0.3, 0.4) is 0 Å². The largest absolute Gasteiger partial charge is 0.485 e. The van der Waals surface area contributed by atoms with Gasteiger partial charge in [0.05, 0.1) is 17.1 Å². The molecule has 0 amide bonds. The second-order valence-electron chi connectivity index (χ2n) is 8.60. The lowest BCUT2D eigenvalue weighted by Crippen LogP contribution is -2.21. The van der Waals surface area contributed by atoms with Gasteiger partial charge in [0.25, 0.3) is 0 Å². The highest BCUT2D eigenvalue weighted by Gasteiger charge is 2.31. The molecule has 35 heavy (non-hydrogen) atoms. The Hall–Kier alpha value is -4.04. The van der Waals surface area contributed by atoms with E-state index in [4.69, 9.17) is 10.00 Å². The molecule has 4 nitrogen and oxygen atoms in total. The van der Waals surface area contributed by atoms with Crippen molar-refractivity contribution in [3.05, 3.63) is 108 Å². The van der Waals surface area contributed by atoms with Gasteiger partial charge in [-0.05, 0) is 54.4 Å². The number of pyridine rings is 1. The third-order valence-electron chi connectivity index (χ3n) is 6.14. The predicted molar refractivity (Wildman–Crippen MR) is 135 cm³/mol. The Bertz CT molecular complexity index is 1320. The van der Waals surface area contributed by atoms with E-state index in [9.17, 15) is 9.18 Å². The highest BCUT2D eigenvalue weighted by Crippen LogP contribution is 2.40. The van der Waals surface area contributed by atoms with Crippen LogP contribution in [-0.2, 0) is 4.79 Å². The number of hydrogen-bond acceptors (Lipinski definition) is 4. The molecule has 0 saturated carbocycles. The highest BCUT2D eigenvalue weighted by atomic mass is 19.1. The van der Waals surface area contributed by atoms with Gasteiger partial charge in [-0.2, -0.15) is 5.26 Å². The molecule has 0 fully saturated rings. The molecule has 1 heterocycles. The third-order valence-corrected chi connectivity index (χ3v) is 6.14. The average molecular weight is 467 g/mol. The molecular weight excluding hydrogens is 439 g/mol. The Labute approximate surface area is 205 Å². The summed E-state index contributed by atoms with van der Waals surface area (Å²) in [6.07, 6.45) is 3.69. The van der Waals surface area contributed by atoms with Crippen molar-refractivity contribution in [1.82, 2.24) is 4.98 Å². The molecule has 0 radical (unpaired) electrons. The summed E-state index contributed by atoms with van der Waals surface area (Å²) in [7, 11) is 0. The number of rotatable bonds is 10. The van der Waals surface area contributed by atoms with Gasteiger partial charge >= 0.3 is 0 Å². The minimum absolute atomic E-state index is 0.141. The molecule has 0 aliphatic heterocycles. The number of nitrogens with zero attached hydrogens (tertiary/aromatic N) is 2. The molecule has 0 aliphatic rings. The van der Waals surface area contributed by atoms with E-state index in [2.05, 4.69) is 18.0 Å². The molecule has 0 spiro atoms. The highest BCUT2D eigenvalue weighted by molar-refractivity contribution is 5.83. The zero-order valence-corrected chi connectivity index (χ0v) is 19.7. The number of fused-ring (bicyclic) bond motifs is 1. The van der Waals surface area contributed by atoms with E-state index in [0.29, 0.717) is 17.7 Å². The molecule has 3 aromatic carbocycles. The van der Waals surface area contributed by atoms with E-state index in [1.54, 1.807) is 42.6 Å². The average Bonchev–Trinajstić information content (AvgIpc) is 2.90. The van der Waals surface area contributed by atoms with E-state index < -0.39 is 6.10 Å². The van der Waals surface area contributed by atoms with Gasteiger partial charge in [-0.25, -0.2) is 4.39 Å². The fraction of sp³-hybridized carbons (Fsp3) is 0.233. The number of para-hydroxylation sites is 1. The predicted octanol–water partition coefficient (Wildman–Crippen LogP) is 7.30. The molecular formula is C30H27FN2O2. The lowest BCUT2D eigenvalue weighted by Gasteiger charge is -2.29. The van der Waals surface area contributed by atoms with Gasteiger partial charge in [-0.1, -0.05) is 49.7 Å². The van der Waals surface area contributed by atoms with Crippen LogP contribution in [0.15, 0.2) is 85.1 Å². The molecule has 0 N–H and O–H groups in total. The van der Waals surface area contributed by atoms with Crippen LogP contribution in [-0.4, -0.2) is 10.8 Å². The standard InChI is InChI=1S/C30H27FN2O2/c1-2-3-8-25(34)19-28(22-12-14-24(31)15-13-22)30(35-26-16-10-21(20-32)11-17-26)27-9-4-6-23-7-5-18-33-29(23)27/h4-7,9-18,28,30H,2-3,8,19H2,1H3/t28-,30+/m1/s1. The van der Waals surface area contributed by atoms with Crippen LogP contribution in [0.1, 0.15) is 61.3 Å². The molecule has 4 aromatic rings. The molecule has 176 valence electrons. The number of ketones is 1. The Morgan fingerprint density at radius 1 is 1.03 bits per heavy atom. The smallest absolute Gasteiger partial charge is 0.133 e. The van der Waals surface area contributed by atoms with Crippen molar-refractivity contribution >= 4 is 16.7 Å². The summed E-state index contributed by atoms with van der Waals surface area (Å²) in [4.78, 5) is 17.6. The second kappa shape index (κ2) is 11.4. The van der Waals surface area contributed by atoms with Crippen LogP contribution >= 0.6 is 0 Å². The van der Waals surface area contributed by atoms with Gasteiger partial charge in [0, 0.05) is 35.9 Å². The third kappa shape index (κ3) is 5.91. The minimum Gasteiger partial charge on any atom is -0.485 e. The van der Waals surface area contributed by atoms with Crippen LogP contribution in [0.25, 0.3) is 10.9 Å². The first-order valence-electron chi connectivity index (χ1n) is 11.9. The molecule has 0 saturated heterocycles. The topological polar surface area (TPSA) is 63.0 Å². The van der Waals surface area contributed by atoms with Crippen molar-refractivity contribution in [3.63, 3.8) is 0 Å². The number of aromatic nitrogens is 1. The van der Waals surface area contributed by atoms with E-state index in [1.807, 2.05) is 30.3 Å². The Balaban J connectivity index is 1.83. The van der Waals surface area contributed by atoms with Gasteiger partial charge in [-0.15, -0.1) is 0 Å². The number of unbranched alkanes of at least 4 members (excludes halogenated alkanes) is 1. The molecule has 0 bridgehead atoms. The molecule has 5 heteroatoms. The molecule has 4 rings (SSSR count). The van der Waals surface area contributed by atoms with Crippen molar-refractivity contribution in [2.75, 3.05) is 0 Å². The fourth-order valence-electron chi connectivity index (χ4n) is 4.31. The van der Waals surface area contributed by atoms with Crippen LogP contribution in [0, 0.1) is 17.1 Å².